The molecule has 0 heterocycles. The highest BCUT2D eigenvalue weighted by Crippen LogP contribution is 2.39. The van der Waals surface area contributed by atoms with Crippen molar-refractivity contribution in [1.82, 2.24) is 0 Å². The van der Waals surface area contributed by atoms with Gasteiger partial charge in [-0.25, -0.2) is 0 Å². The lowest BCUT2D eigenvalue weighted by molar-refractivity contribution is -0.385. The summed E-state index contributed by atoms with van der Waals surface area (Å²) in [6, 6.07) is 5.82. The van der Waals surface area contributed by atoms with Crippen LogP contribution in [0.3, 0.4) is 0 Å². The van der Waals surface area contributed by atoms with Gasteiger partial charge in [-0.3, -0.25) is 14.9 Å². The molecule has 1 unspecified atom stereocenters. The Hall–Kier alpha value is -2.15. The highest BCUT2D eigenvalue weighted by atomic mass is 16.6. The monoisotopic (exact) mass is 266 g/mol. The van der Waals surface area contributed by atoms with Gasteiger partial charge < -0.3 is 15.6 Å². The summed E-state index contributed by atoms with van der Waals surface area (Å²) in [5, 5.41) is 20.0. The van der Waals surface area contributed by atoms with Gasteiger partial charge in [-0.15, -0.1) is 0 Å². The summed E-state index contributed by atoms with van der Waals surface area (Å²) in [5.74, 6) is -1.24. The number of benzene rings is 1. The number of nitrogens with two attached hydrogens (primary N) is 1. The van der Waals surface area contributed by atoms with Gasteiger partial charge in [0.2, 0.25) is 0 Å². The van der Waals surface area contributed by atoms with Crippen molar-refractivity contribution in [2.24, 2.45) is 11.7 Å². The molecule has 1 aliphatic carbocycles. The first-order valence-corrected chi connectivity index (χ1v) is 5.83. The summed E-state index contributed by atoms with van der Waals surface area (Å²) >= 11 is 0. The number of ether oxygens (including phenoxy) is 1. The maximum Gasteiger partial charge on any atom is 0.327 e. The lowest BCUT2D eigenvalue weighted by atomic mass is 9.96. The van der Waals surface area contributed by atoms with E-state index < -0.39 is 16.4 Å². The minimum absolute atomic E-state index is 0.0317. The van der Waals surface area contributed by atoms with Crippen LogP contribution < -0.4 is 10.5 Å². The van der Waals surface area contributed by atoms with Crippen molar-refractivity contribution >= 4 is 11.7 Å². The first kappa shape index (κ1) is 13.3. The average molecular weight is 266 g/mol. The normalized spacial score (nSPS) is 17.5. The van der Waals surface area contributed by atoms with Gasteiger partial charge in [0.15, 0.2) is 11.3 Å². The zero-order valence-electron chi connectivity index (χ0n) is 10.1. The van der Waals surface area contributed by atoms with E-state index in [1.165, 1.54) is 18.2 Å². The van der Waals surface area contributed by atoms with E-state index in [2.05, 4.69) is 0 Å². The van der Waals surface area contributed by atoms with Crippen LogP contribution in [0.25, 0.3) is 0 Å². The minimum atomic E-state index is -1.48. The molecular formula is C12H14N2O5. The molecular weight excluding hydrogens is 252 g/mol. The van der Waals surface area contributed by atoms with Crippen molar-refractivity contribution in [3.05, 3.63) is 34.4 Å². The van der Waals surface area contributed by atoms with E-state index in [9.17, 15) is 14.9 Å². The molecule has 0 radical (unpaired) electrons. The van der Waals surface area contributed by atoms with Crippen LogP contribution in [-0.4, -0.2) is 28.1 Å². The smallest absolute Gasteiger partial charge is 0.327 e. The van der Waals surface area contributed by atoms with Crippen LogP contribution in [-0.2, 0) is 4.79 Å². The van der Waals surface area contributed by atoms with Crippen molar-refractivity contribution in [2.45, 2.75) is 18.4 Å². The summed E-state index contributed by atoms with van der Waals surface area (Å²) in [7, 11) is 0. The van der Waals surface area contributed by atoms with Crippen LogP contribution in [0.5, 0.6) is 5.75 Å². The molecule has 1 atom stereocenters. The standard InChI is InChI=1S/C12H14N2O5/c13-12(11(15)16,8-5-6-8)7-19-10-4-2-1-3-9(10)14(17)18/h1-4,8H,5-7,13H2,(H,15,16). The van der Waals surface area contributed by atoms with Crippen molar-refractivity contribution in [3.8, 4) is 5.75 Å². The highest BCUT2D eigenvalue weighted by Gasteiger charge is 2.49. The van der Waals surface area contributed by atoms with Gasteiger partial charge in [0.1, 0.15) is 6.61 Å². The van der Waals surface area contributed by atoms with Crippen LogP contribution in [0.2, 0.25) is 0 Å². The first-order valence-electron chi connectivity index (χ1n) is 5.83. The van der Waals surface area contributed by atoms with Crippen LogP contribution in [0.1, 0.15) is 12.8 Å². The third kappa shape index (κ3) is 2.65. The molecule has 0 spiro atoms. The minimum Gasteiger partial charge on any atom is -0.484 e. The van der Waals surface area contributed by atoms with Crippen molar-refractivity contribution in [1.29, 1.82) is 0 Å². The van der Waals surface area contributed by atoms with E-state index in [0.29, 0.717) is 0 Å². The second kappa shape index (κ2) is 4.85. The first-order chi connectivity index (χ1) is 8.95. The van der Waals surface area contributed by atoms with Crippen LogP contribution in [0.15, 0.2) is 24.3 Å². The number of carboxylic acid groups (broad SMARTS) is 1. The van der Waals surface area contributed by atoms with E-state index in [0.717, 1.165) is 12.8 Å². The maximum absolute atomic E-state index is 11.2. The Morgan fingerprint density at radius 3 is 2.68 bits per heavy atom. The van der Waals surface area contributed by atoms with E-state index in [-0.39, 0.29) is 24.0 Å². The number of carbonyl (C=O) groups is 1. The average Bonchev–Trinajstić information content (AvgIpc) is 3.20. The lowest BCUT2D eigenvalue weighted by Crippen LogP contribution is -2.54. The van der Waals surface area contributed by atoms with E-state index in [1.807, 2.05) is 0 Å². The number of aliphatic carboxylic acids is 1. The molecule has 1 fully saturated rings. The third-order valence-corrected chi connectivity index (χ3v) is 3.23. The number of hydrogen-bond acceptors (Lipinski definition) is 5. The fourth-order valence-corrected chi connectivity index (χ4v) is 1.88. The maximum atomic E-state index is 11.2. The van der Waals surface area contributed by atoms with Gasteiger partial charge in [-0.1, -0.05) is 12.1 Å². The quantitative estimate of drug-likeness (QED) is 0.589. The van der Waals surface area contributed by atoms with Gasteiger partial charge in [0, 0.05) is 6.07 Å². The largest absolute Gasteiger partial charge is 0.484 e. The van der Waals surface area contributed by atoms with Crippen molar-refractivity contribution < 1.29 is 19.6 Å². The Bertz CT molecular complexity index is 515. The summed E-state index contributed by atoms with van der Waals surface area (Å²) in [6.07, 6.45) is 1.48. The molecule has 1 aromatic carbocycles. The van der Waals surface area contributed by atoms with Gasteiger partial charge in [-0.05, 0) is 24.8 Å². The number of nitro benzene ring substituents is 1. The Kier molecular flexibility index (Phi) is 3.39. The Morgan fingerprint density at radius 2 is 2.16 bits per heavy atom. The molecule has 0 aliphatic heterocycles. The van der Waals surface area contributed by atoms with Gasteiger partial charge in [-0.2, -0.15) is 0 Å². The van der Waals surface area contributed by atoms with Crippen molar-refractivity contribution in [2.75, 3.05) is 6.61 Å². The third-order valence-electron chi connectivity index (χ3n) is 3.23. The fourth-order valence-electron chi connectivity index (χ4n) is 1.88. The molecule has 0 bridgehead atoms. The number of nitro groups is 1. The van der Waals surface area contributed by atoms with Gasteiger partial charge >= 0.3 is 11.7 Å². The molecule has 1 aromatic rings. The number of para-hydroxylation sites is 2. The Labute approximate surface area is 109 Å². The second-order valence-corrected chi connectivity index (χ2v) is 4.63. The molecule has 0 saturated heterocycles. The van der Waals surface area contributed by atoms with Crippen molar-refractivity contribution in [3.63, 3.8) is 0 Å². The topological polar surface area (TPSA) is 116 Å². The van der Waals surface area contributed by atoms with E-state index >= 15 is 0 Å². The molecule has 2 rings (SSSR count). The molecule has 7 heteroatoms. The van der Waals surface area contributed by atoms with Gasteiger partial charge in [0.05, 0.1) is 4.92 Å². The summed E-state index contributed by atoms with van der Waals surface area (Å²) < 4.78 is 5.28. The number of rotatable bonds is 6. The molecule has 0 amide bonds. The predicted molar refractivity (Wildman–Crippen MR) is 65.9 cm³/mol. The SMILES string of the molecule is NC(COc1ccccc1[N+](=O)[O-])(C(=O)O)C1CC1. The van der Waals surface area contributed by atoms with Crippen LogP contribution in [0.4, 0.5) is 5.69 Å². The van der Waals surface area contributed by atoms with Crippen LogP contribution in [0, 0.1) is 16.0 Å². The molecule has 19 heavy (non-hydrogen) atoms. The second-order valence-electron chi connectivity index (χ2n) is 4.63. The molecule has 102 valence electrons. The number of hydrogen-bond donors (Lipinski definition) is 2. The van der Waals surface area contributed by atoms with Crippen LogP contribution >= 0.6 is 0 Å². The zero-order chi connectivity index (χ0) is 14.0. The number of nitrogens with zero attached hydrogens (tertiary/aromatic N) is 1. The molecule has 7 nitrogen and oxygen atoms in total. The molecule has 0 aromatic heterocycles. The summed E-state index contributed by atoms with van der Waals surface area (Å²) in [6.45, 7) is -0.280. The molecule has 3 N–H and O–H groups in total. The van der Waals surface area contributed by atoms with E-state index in [1.54, 1.807) is 6.07 Å². The molecule has 1 aliphatic rings. The predicted octanol–water partition coefficient (Wildman–Crippen LogP) is 1.17. The Balaban J connectivity index is 2.14. The number of carboxylic acids is 1. The van der Waals surface area contributed by atoms with Gasteiger partial charge in [0.25, 0.3) is 0 Å². The summed E-state index contributed by atoms with van der Waals surface area (Å²) in [4.78, 5) is 21.4. The summed E-state index contributed by atoms with van der Waals surface area (Å²) in [5.41, 5.74) is 4.14. The Morgan fingerprint density at radius 1 is 1.53 bits per heavy atom. The lowest BCUT2D eigenvalue weighted by Gasteiger charge is -2.24. The zero-order valence-corrected chi connectivity index (χ0v) is 10.1. The van der Waals surface area contributed by atoms with E-state index in [4.69, 9.17) is 15.6 Å². The molecule has 1 saturated carbocycles. The highest BCUT2D eigenvalue weighted by molar-refractivity contribution is 5.79. The fraction of sp³-hybridized carbons (Fsp3) is 0.417.